The average Bonchev–Trinajstić information content (AvgIpc) is 2.99. The molecule has 1 aliphatic rings. The molecule has 3 rings (SSSR count). The Kier molecular flexibility index (Phi) is 4.44. The second kappa shape index (κ2) is 6.70. The number of hydrogen-bond donors (Lipinski definition) is 4. The third kappa shape index (κ3) is 3.33. The highest BCUT2D eigenvalue weighted by molar-refractivity contribution is 6.04. The van der Waals surface area contributed by atoms with Crippen LogP contribution in [0.2, 0.25) is 0 Å². The summed E-state index contributed by atoms with van der Waals surface area (Å²) in [7, 11) is 1.52. The molecule has 2 unspecified atom stereocenters. The van der Waals surface area contributed by atoms with Crippen molar-refractivity contribution in [2.24, 2.45) is 5.73 Å². The topological polar surface area (TPSA) is 126 Å². The van der Waals surface area contributed by atoms with Crippen molar-refractivity contribution in [2.45, 2.75) is 12.1 Å². The lowest BCUT2D eigenvalue weighted by molar-refractivity contribution is -0.122. The fourth-order valence-electron chi connectivity index (χ4n) is 2.57. The highest BCUT2D eigenvalue weighted by Crippen LogP contribution is 2.23. The number of nitrogens with one attached hydrogen (secondary N) is 3. The molecular weight excluding hydrogens is 322 g/mol. The van der Waals surface area contributed by atoms with E-state index in [9.17, 15) is 14.4 Å². The molecule has 0 aliphatic carbocycles. The summed E-state index contributed by atoms with van der Waals surface area (Å²) in [6, 6.07) is 8.76. The van der Waals surface area contributed by atoms with Crippen molar-refractivity contribution < 1.29 is 14.4 Å². The minimum atomic E-state index is -0.814. The first kappa shape index (κ1) is 16.6. The van der Waals surface area contributed by atoms with Crippen LogP contribution in [-0.4, -0.2) is 29.9 Å². The number of rotatable bonds is 4. The lowest BCUT2D eigenvalue weighted by Crippen LogP contribution is -2.31. The number of benzene rings is 1. The predicted octanol–water partition coefficient (Wildman–Crippen LogP) is 0.375. The van der Waals surface area contributed by atoms with E-state index in [1.165, 1.54) is 7.05 Å². The summed E-state index contributed by atoms with van der Waals surface area (Å²) in [5, 5.41) is 7.23. The molecule has 8 nitrogen and oxygen atoms in total. The van der Waals surface area contributed by atoms with Gasteiger partial charge in [-0.25, -0.2) is 4.79 Å². The summed E-state index contributed by atoms with van der Waals surface area (Å²) in [5.74, 6) is -0.673. The van der Waals surface area contributed by atoms with Gasteiger partial charge in [0.1, 0.15) is 12.1 Å². The van der Waals surface area contributed by atoms with Crippen LogP contribution >= 0.6 is 0 Å². The lowest BCUT2D eigenvalue weighted by Gasteiger charge is -2.11. The normalized spacial score (nSPS) is 17.6. The van der Waals surface area contributed by atoms with Crippen LogP contribution in [0.4, 0.5) is 4.79 Å². The number of nitrogens with two attached hydrogens (primary N) is 1. The maximum absolute atomic E-state index is 11.7. The van der Waals surface area contributed by atoms with Gasteiger partial charge >= 0.3 is 6.03 Å². The highest BCUT2D eigenvalue weighted by atomic mass is 16.2. The van der Waals surface area contributed by atoms with E-state index >= 15 is 0 Å². The van der Waals surface area contributed by atoms with Crippen molar-refractivity contribution in [3.05, 3.63) is 53.9 Å². The van der Waals surface area contributed by atoms with E-state index in [0.717, 1.165) is 11.1 Å². The van der Waals surface area contributed by atoms with Crippen LogP contribution in [-0.2, 0) is 9.59 Å². The minimum Gasteiger partial charge on any atom is -0.357 e. The Labute approximate surface area is 143 Å². The van der Waals surface area contributed by atoms with Gasteiger partial charge in [0.2, 0.25) is 5.91 Å². The van der Waals surface area contributed by atoms with E-state index in [-0.39, 0.29) is 11.8 Å². The van der Waals surface area contributed by atoms with E-state index in [1.807, 2.05) is 18.2 Å². The van der Waals surface area contributed by atoms with Crippen molar-refractivity contribution in [1.29, 1.82) is 0 Å². The van der Waals surface area contributed by atoms with E-state index in [4.69, 9.17) is 5.73 Å². The van der Waals surface area contributed by atoms with Gasteiger partial charge in [-0.2, -0.15) is 0 Å². The zero-order chi connectivity index (χ0) is 18.0. The van der Waals surface area contributed by atoms with Gasteiger partial charge in [-0.05, 0) is 17.2 Å². The molecule has 1 saturated heterocycles. The Hall–Kier alpha value is -3.26. The number of amides is 4. The molecule has 2 heterocycles. The largest absolute Gasteiger partial charge is 0.357 e. The van der Waals surface area contributed by atoms with E-state index in [2.05, 4.69) is 20.9 Å². The van der Waals surface area contributed by atoms with E-state index in [1.54, 1.807) is 24.4 Å². The number of carbonyl (C=O) groups is 3. The Balaban J connectivity index is 1.77. The van der Waals surface area contributed by atoms with E-state index < -0.39 is 18.1 Å². The van der Waals surface area contributed by atoms with Gasteiger partial charge in [-0.15, -0.1) is 0 Å². The van der Waals surface area contributed by atoms with Gasteiger partial charge in [0.15, 0.2) is 0 Å². The smallest absolute Gasteiger partial charge is 0.322 e. The van der Waals surface area contributed by atoms with Crippen molar-refractivity contribution in [3.63, 3.8) is 0 Å². The standard InChI is InChI=1S/C17H17N5O3/c1-19-15(23)13(18)12-7-6-11(8-20-12)9-2-4-10(5-3-9)14-16(24)22-17(25)21-14/h2-8,13-14H,18H2,1H3,(H,19,23)(H2,21,22,24,25). The SMILES string of the molecule is CNC(=O)C(N)c1ccc(-c2ccc(C3NC(=O)NC3=O)cc2)cn1. The number of aromatic nitrogens is 1. The highest BCUT2D eigenvalue weighted by Gasteiger charge is 2.30. The third-order valence-corrected chi connectivity index (χ3v) is 3.99. The molecule has 128 valence electrons. The molecule has 25 heavy (non-hydrogen) atoms. The lowest BCUT2D eigenvalue weighted by atomic mass is 10.0. The Morgan fingerprint density at radius 3 is 2.36 bits per heavy atom. The predicted molar refractivity (Wildman–Crippen MR) is 90.1 cm³/mol. The molecule has 1 aromatic carbocycles. The van der Waals surface area contributed by atoms with E-state index in [0.29, 0.717) is 11.3 Å². The van der Waals surface area contributed by atoms with Gasteiger partial charge in [0.05, 0.1) is 5.69 Å². The van der Waals surface area contributed by atoms with Gasteiger partial charge in [-0.3, -0.25) is 19.9 Å². The summed E-state index contributed by atoms with van der Waals surface area (Å²) in [6.45, 7) is 0. The van der Waals surface area contributed by atoms with Crippen molar-refractivity contribution in [2.75, 3.05) is 7.05 Å². The molecule has 4 amide bonds. The number of imide groups is 1. The summed E-state index contributed by atoms with van der Waals surface area (Å²) in [6.07, 6.45) is 1.64. The number of urea groups is 1. The molecule has 0 bridgehead atoms. The molecular formula is C17H17N5O3. The van der Waals surface area contributed by atoms with Crippen molar-refractivity contribution in [1.82, 2.24) is 20.9 Å². The Morgan fingerprint density at radius 1 is 1.16 bits per heavy atom. The first-order valence-corrected chi connectivity index (χ1v) is 7.64. The number of carbonyl (C=O) groups excluding carboxylic acids is 3. The van der Waals surface area contributed by atoms with Crippen LogP contribution in [0.25, 0.3) is 11.1 Å². The summed E-state index contributed by atoms with van der Waals surface area (Å²) >= 11 is 0. The maximum Gasteiger partial charge on any atom is 0.322 e. The first-order chi connectivity index (χ1) is 12.0. The van der Waals surface area contributed by atoms with Gasteiger partial charge in [0, 0.05) is 18.8 Å². The van der Waals surface area contributed by atoms with Gasteiger partial charge in [0.25, 0.3) is 5.91 Å². The quantitative estimate of drug-likeness (QED) is 0.599. The molecule has 2 atom stereocenters. The molecule has 5 N–H and O–H groups in total. The van der Waals surface area contributed by atoms with Crippen molar-refractivity contribution >= 4 is 17.8 Å². The Bertz CT molecular complexity index is 817. The molecule has 0 spiro atoms. The molecule has 8 heteroatoms. The maximum atomic E-state index is 11.7. The second-order valence-electron chi connectivity index (χ2n) is 5.58. The zero-order valence-electron chi connectivity index (χ0n) is 13.4. The van der Waals surface area contributed by atoms with Gasteiger partial charge < -0.3 is 16.4 Å². The number of nitrogens with zero attached hydrogens (tertiary/aromatic N) is 1. The summed E-state index contributed by atoms with van der Waals surface area (Å²) < 4.78 is 0. The fourth-order valence-corrected chi connectivity index (χ4v) is 2.57. The zero-order valence-corrected chi connectivity index (χ0v) is 13.4. The third-order valence-electron chi connectivity index (χ3n) is 3.99. The van der Waals surface area contributed by atoms with Crippen LogP contribution in [0, 0.1) is 0 Å². The number of pyridine rings is 1. The van der Waals surface area contributed by atoms with Gasteiger partial charge in [-0.1, -0.05) is 30.3 Å². The van der Waals surface area contributed by atoms with Crippen LogP contribution in [0.1, 0.15) is 23.3 Å². The monoisotopic (exact) mass is 339 g/mol. The number of hydrogen-bond acceptors (Lipinski definition) is 5. The van der Waals surface area contributed by atoms with Crippen LogP contribution in [0.15, 0.2) is 42.6 Å². The second-order valence-corrected chi connectivity index (χ2v) is 5.58. The Morgan fingerprint density at radius 2 is 1.84 bits per heavy atom. The van der Waals surface area contributed by atoms with Crippen LogP contribution < -0.4 is 21.7 Å². The van der Waals surface area contributed by atoms with Crippen LogP contribution in [0.3, 0.4) is 0 Å². The molecule has 1 aliphatic heterocycles. The average molecular weight is 339 g/mol. The number of likely N-dealkylation sites (N-methyl/N-ethyl adjacent to an activating group) is 1. The molecule has 0 saturated carbocycles. The molecule has 1 fully saturated rings. The summed E-state index contributed by atoms with van der Waals surface area (Å²) in [5.41, 5.74) is 8.71. The molecule has 2 aromatic rings. The molecule has 1 aromatic heterocycles. The van der Waals surface area contributed by atoms with Crippen molar-refractivity contribution in [3.8, 4) is 11.1 Å². The summed E-state index contributed by atoms with van der Waals surface area (Å²) in [4.78, 5) is 38.6. The first-order valence-electron chi connectivity index (χ1n) is 7.64. The fraction of sp³-hybridized carbons (Fsp3) is 0.176. The minimum absolute atomic E-state index is 0.304. The molecule has 0 radical (unpaired) electrons. The van der Waals surface area contributed by atoms with Crippen LogP contribution in [0.5, 0.6) is 0 Å².